The van der Waals surface area contributed by atoms with Crippen molar-refractivity contribution in [2.45, 2.75) is 44.1 Å². The third kappa shape index (κ3) is 3.45. The van der Waals surface area contributed by atoms with Gasteiger partial charge in [-0.1, -0.05) is 11.6 Å². The molecular weight excluding hydrogens is 314 g/mol. The molecule has 1 atom stereocenters. The zero-order chi connectivity index (χ0) is 15.9. The first-order valence-corrected chi connectivity index (χ1v) is 7.67. The maximum absolute atomic E-state index is 12.8. The van der Waals surface area contributed by atoms with Crippen LogP contribution in [0, 0.1) is 11.8 Å². The second-order valence-corrected chi connectivity index (χ2v) is 6.59. The molecule has 120 valence electrons. The molecule has 0 aliphatic heterocycles. The molecule has 2 aliphatic rings. The van der Waals surface area contributed by atoms with E-state index in [4.69, 9.17) is 17.3 Å². The van der Waals surface area contributed by atoms with Crippen LogP contribution in [0.4, 0.5) is 14.6 Å². The van der Waals surface area contributed by atoms with Gasteiger partial charge in [-0.05, 0) is 30.7 Å². The van der Waals surface area contributed by atoms with Crippen LogP contribution in [-0.4, -0.2) is 22.0 Å². The fraction of sp³-hybridized carbons (Fsp3) is 0.643. The van der Waals surface area contributed by atoms with E-state index in [1.165, 1.54) is 0 Å². The Labute approximate surface area is 131 Å². The van der Waals surface area contributed by atoms with E-state index in [1.807, 2.05) is 0 Å². The lowest BCUT2D eigenvalue weighted by molar-refractivity contribution is -0.134. The molecule has 2 fully saturated rings. The largest absolute Gasteiger partial charge is 0.382 e. The number of nitrogens with two attached hydrogens (primary N) is 1. The first kappa shape index (κ1) is 15.4. The van der Waals surface area contributed by atoms with Crippen LogP contribution in [0.2, 0.25) is 5.15 Å². The molecule has 0 aromatic carbocycles. The monoisotopic (exact) mass is 330 g/mol. The fourth-order valence-corrected chi connectivity index (χ4v) is 3.14. The van der Waals surface area contributed by atoms with E-state index in [0.29, 0.717) is 5.56 Å². The lowest BCUT2D eigenvalue weighted by Crippen LogP contribution is -2.39. The van der Waals surface area contributed by atoms with E-state index in [1.54, 1.807) is 6.07 Å². The highest BCUT2D eigenvalue weighted by Crippen LogP contribution is 2.45. The molecule has 8 heteroatoms. The minimum absolute atomic E-state index is 0.115. The number of rotatable bonds is 5. The summed E-state index contributed by atoms with van der Waals surface area (Å²) in [6.07, 6.45) is 1.65. The maximum Gasteiger partial charge on any atom is 0.248 e. The minimum atomic E-state index is -2.60. The van der Waals surface area contributed by atoms with Crippen LogP contribution in [0.5, 0.6) is 0 Å². The van der Waals surface area contributed by atoms with Crippen molar-refractivity contribution >= 4 is 23.3 Å². The van der Waals surface area contributed by atoms with Crippen LogP contribution >= 0.6 is 11.6 Å². The zero-order valence-corrected chi connectivity index (χ0v) is 12.6. The van der Waals surface area contributed by atoms with Gasteiger partial charge in [-0.3, -0.25) is 4.79 Å². The van der Waals surface area contributed by atoms with E-state index in [0.717, 1.165) is 12.8 Å². The molecule has 0 saturated heterocycles. The summed E-state index contributed by atoms with van der Waals surface area (Å²) >= 11 is 6.05. The Kier molecular flexibility index (Phi) is 3.92. The highest BCUT2D eigenvalue weighted by Gasteiger charge is 2.46. The molecule has 0 spiro atoms. The normalized spacial score (nSPS) is 22.0. The van der Waals surface area contributed by atoms with Crippen molar-refractivity contribution in [1.82, 2.24) is 15.5 Å². The summed E-state index contributed by atoms with van der Waals surface area (Å²) in [5.74, 6) is -2.56. The molecule has 22 heavy (non-hydrogen) atoms. The van der Waals surface area contributed by atoms with Gasteiger partial charge >= 0.3 is 0 Å². The fourth-order valence-electron chi connectivity index (χ4n) is 2.93. The first-order valence-electron chi connectivity index (χ1n) is 7.30. The van der Waals surface area contributed by atoms with E-state index in [9.17, 15) is 13.6 Å². The Morgan fingerprint density at radius 3 is 2.73 bits per heavy atom. The Morgan fingerprint density at radius 1 is 1.45 bits per heavy atom. The van der Waals surface area contributed by atoms with Gasteiger partial charge in [-0.15, -0.1) is 10.2 Å². The number of hydrogen-bond donors (Lipinski definition) is 2. The minimum Gasteiger partial charge on any atom is -0.382 e. The van der Waals surface area contributed by atoms with Gasteiger partial charge in [0, 0.05) is 24.8 Å². The second-order valence-electron chi connectivity index (χ2n) is 6.23. The summed E-state index contributed by atoms with van der Waals surface area (Å²) in [6, 6.07) is 1.33. The zero-order valence-electron chi connectivity index (χ0n) is 11.9. The van der Waals surface area contributed by atoms with Crippen molar-refractivity contribution in [3.8, 4) is 0 Å². The SMILES string of the molecule is Nc1cc([C@H](NC(=O)CC2CC(F)(F)C2)C2CC2)c(Cl)nn1. The number of nitrogen functional groups attached to an aromatic ring is 1. The van der Waals surface area contributed by atoms with Gasteiger partial charge < -0.3 is 11.1 Å². The average molecular weight is 331 g/mol. The summed E-state index contributed by atoms with van der Waals surface area (Å²) in [4.78, 5) is 12.1. The van der Waals surface area contributed by atoms with Crippen molar-refractivity contribution in [3.05, 3.63) is 16.8 Å². The van der Waals surface area contributed by atoms with E-state index in [-0.39, 0.29) is 54.0 Å². The molecule has 2 saturated carbocycles. The van der Waals surface area contributed by atoms with Crippen LogP contribution in [0.15, 0.2) is 6.07 Å². The molecule has 1 amide bonds. The lowest BCUT2D eigenvalue weighted by atomic mass is 9.79. The number of hydrogen-bond acceptors (Lipinski definition) is 4. The molecule has 5 nitrogen and oxygen atoms in total. The van der Waals surface area contributed by atoms with Crippen molar-refractivity contribution in [2.75, 3.05) is 5.73 Å². The molecule has 0 radical (unpaired) electrons. The standard InChI is InChI=1S/C14H17ClF2N4O/c15-13-9(4-10(18)20-21-13)12(8-1-2-8)19-11(22)3-7-5-14(16,17)6-7/h4,7-8,12H,1-3,5-6H2,(H2,18,20)(H,19,22)/t12-/m1/s1. The van der Waals surface area contributed by atoms with Gasteiger partial charge in [0.1, 0.15) is 5.82 Å². The predicted molar refractivity (Wildman–Crippen MR) is 77.4 cm³/mol. The average Bonchev–Trinajstić information content (AvgIpc) is 3.21. The van der Waals surface area contributed by atoms with Gasteiger partial charge in [0.2, 0.25) is 11.8 Å². The smallest absolute Gasteiger partial charge is 0.248 e. The Hall–Kier alpha value is -1.50. The maximum atomic E-state index is 12.8. The Balaban J connectivity index is 1.65. The first-order chi connectivity index (χ1) is 10.3. The highest BCUT2D eigenvalue weighted by molar-refractivity contribution is 6.30. The van der Waals surface area contributed by atoms with E-state index < -0.39 is 5.92 Å². The lowest BCUT2D eigenvalue weighted by Gasteiger charge is -2.34. The highest BCUT2D eigenvalue weighted by atomic mass is 35.5. The number of anilines is 1. The van der Waals surface area contributed by atoms with E-state index >= 15 is 0 Å². The van der Waals surface area contributed by atoms with Gasteiger partial charge in [0.05, 0.1) is 6.04 Å². The van der Waals surface area contributed by atoms with Gasteiger partial charge in [-0.2, -0.15) is 0 Å². The molecule has 0 unspecified atom stereocenters. The summed E-state index contributed by atoms with van der Waals surface area (Å²) in [6.45, 7) is 0. The van der Waals surface area contributed by atoms with Crippen LogP contribution in [0.25, 0.3) is 0 Å². The topological polar surface area (TPSA) is 80.9 Å². The molecule has 0 bridgehead atoms. The summed E-state index contributed by atoms with van der Waals surface area (Å²) < 4.78 is 25.6. The van der Waals surface area contributed by atoms with Crippen molar-refractivity contribution in [2.24, 2.45) is 11.8 Å². The summed E-state index contributed by atoms with van der Waals surface area (Å²) in [5, 5.41) is 10.5. The van der Waals surface area contributed by atoms with Crippen molar-refractivity contribution < 1.29 is 13.6 Å². The number of aromatic nitrogens is 2. The third-order valence-corrected chi connectivity index (χ3v) is 4.48. The number of nitrogens with one attached hydrogen (secondary N) is 1. The summed E-state index contributed by atoms with van der Waals surface area (Å²) in [7, 11) is 0. The van der Waals surface area contributed by atoms with Crippen LogP contribution in [0.1, 0.15) is 43.7 Å². The number of carbonyl (C=O) groups is 1. The second kappa shape index (κ2) is 5.61. The quantitative estimate of drug-likeness (QED) is 0.869. The number of carbonyl (C=O) groups excluding carboxylic acids is 1. The van der Waals surface area contributed by atoms with E-state index in [2.05, 4.69) is 15.5 Å². The van der Waals surface area contributed by atoms with Gasteiger partial charge in [0.25, 0.3) is 0 Å². The number of halogens is 3. The third-order valence-electron chi connectivity index (χ3n) is 4.19. The van der Waals surface area contributed by atoms with Gasteiger partial charge in [0.15, 0.2) is 5.15 Å². The molecular formula is C14H17ClF2N4O. The van der Waals surface area contributed by atoms with Crippen LogP contribution in [0.3, 0.4) is 0 Å². The molecule has 1 aromatic rings. The number of alkyl halides is 2. The predicted octanol–water partition coefficient (Wildman–Crippen LogP) is 2.71. The number of amides is 1. The Bertz CT molecular complexity index is 586. The molecule has 3 N–H and O–H groups in total. The van der Waals surface area contributed by atoms with Crippen molar-refractivity contribution in [3.63, 3.8) is 0 Å². The summed E-state index contributed by atoms with van der Waals surface area (Å²) in [5.41, 5.74) is 6.27. The molecule has 2 aliphatic carbocycles. The van der Waals surface area contributed by atoms with Crippen LogP contribution < -0.4 is 11.1 Å². The molecule has 3 rings (SSSR count). The van der Waals surface area contributed by atoms with Crippen molar-refractivity contribution in [1.29, 1.82) is 0 Å². The number of nitrogens with zero attached hydrogens (tertiary/aromatic N) is 2. The molecule has 1 aromatic heterocycles. The Morgan fingerprint density at radius 2 is 2.14 bits per heavy atom. The van der Waals surface area contributed by atoms with Gasteiger partial charge in [-0.25, -0.2) is 8.78 Å². The molecule has 1 heterocycles. The van der Waals surface area contributed by atoms with Crippen LogP contribution in [-0.2, 0) is 4.79 Å².